The molecule has 23 heavy (non-hydrogen) atoms. The van der Waals surface area contributed by atoms with Gasteiger partial charge in [0.05, 0.1) is 24.0 Å². The summed E-state index contributed by atoms with van der Waals surface area (Å²) in [5.74, 6) is -1.98. The number of aliphatic hydroxyl groups is 1. The molecule has 0 fully saturated rings. The molecule has 1 rings (SSSR count). The van der Waals surface area contributed by atoms with E-state index in [-0.39, 0.29) is 30.2 Å². The smallest absolute Gasteiger partial charge is 0.337 e. The number of hydrogen-bond donors (Lipinski definition) is 4. The van der Waals surface area contributed by atoms with E-state index in [0.717, 1.165) is 0 Å². The van der Waals surface area contributed by atoms with E-state index < -0.39 is 11.9 Å². The van der Waals surface area contributed by atoms with Crippen LogP contribution in [0.5, 0.6) is 0 Å². The van der Waals surface area contributed by atoms with Crippen molar-refractivity contribution in [2.75, 3.05) is 18.5 Å². The van der Waals surface area contributed by atoms with Gasteiger partial charge in [0.2, 0.25) is 5.91 Å². The SMILES string of the molecule is CC(=O)Nc1c(I)c(C(=O)O)c(I)c(C(=O)NCCCO)c1I. The topological polar surface area (TPSA) is 116 Å². The van der Waals surface area contributed by atoms with E-state index in [4.69, 9.17) is 5.11 Å². The quantitative estimate of drug-likeness (QED) is 0.277. The highest BCUT2D eigenvalue weighted by Gasteiger charge is 2.27. The summed E-state index contributed by atoms with van der Waals surface area (Å²) in [6.07, 6.45) is 0.396. The van der Waals surface area contributed by atoms with Crippen LogP contribution in [0.25, 0.3) is 0 Å². The lowest BCUT2D eigenvalue weighted by Crippen LogP contribution is -2.28. The Labute approximate surface area is 173 Å². The lowest BCUT2D eigenvalue weighted by Gasteiger charge is -2.17. The first-order chi connectivity index (χ1) is 10.7. The molecule has 0 aliphatic carbocycles. The third-order valence-electron chi connectivity index (χ3n) is 2.68. The zero-order valence-electron chi connectivity index (χ0n) is 11.9. The maximum absolute atomic E-state index is 12.4. The first kappa shape index (κ1) is 20.8. The molecule has 0 aliphatic rings. The number of halogens is 3. The first-order valence-corrected chi connectivity index (χ1v) is 9.56. The average molecular weight is 658 g/mol. The third-order valence-corrected chi connectivity index (χ3v) is 5.92. The minimum atomic E-state index is -1.17. The summed E-state index contributed by atoms with van der Waals surface area (Å²) in [4.78, 5) is 35.3. The van der Waals surface area contributed by atoms with Crippen molar-refractivity contribution < 1.29 is 24.6 Å². The molecule has 0 aromatic heterocycles. The van der Waals surface area contributed by atoms with Gasteiger partial charge in [-0.15, -0.1) is 0 Å². The minimum absolute atomic E-state index is 0.0253. The Morgan fingerprint density at radius 1 is 1.04 bits per heavy atom. The highest BCUT2D eigenvalue weighted by atomic mass is 127. The van der Waals surface area contributed by atoms with E-state index >= 15 is 0 Å². The van der Waals surface area contributed by atoms with Gasteiger partial charge < -0.3 is 20.8 Å². The number of benzene rings is 1. The van der Waals surface area contributed by atoms with Gasteiger partial charge in [-0.05, 0) is 74.2 Å². The molecule has 4 N–H and O–H groups in total. The summed E-state index contributed by atoms with van der Waals surface area (Å²) in [5, 5.41) is 23.4. The van der Waals surface area contributed by atoms with Gasteiger partial charge in [0.25, 0.3) is 5.91 Å². The molecule has 7 nitrogen and oxygen atoms in total. The van der Waals surface area contributed by atoms with Gasteiger partial charge in [-0.2, -0.15) is 0 Å². The van der Waals surface area contributed by atoms with Crippen LogP contribution in [0, 0.1) is 10.7 Å². The molecule has 0 radical (unpaired) electrons. The van der Waals surface area contributed by atoms with E-state index in [1.54, 1.807) is 0 Å². The van der Waals surface area contributed by atoms with Crippen molar-refractivity contribution in [3.8, 4) is 0 Å². The number of anilines is 1. The molecule has 0 heterocycles. The van der Waals surface area contributed by atoms with Crippen LogP contribution in [-0.4, -0.2) is 41.1 Å². The van der Waals surface area contributed by atoms with Crippen molar-refractivity contribution in [2.24, 2.45) is 0 Å². The van der Waals surface area contributed by atoms with Gasteiger partial charge in [0.15, 0.2) is 0 Å². The molecule has 0 spiro atoms. The maximum atomic E-state index is 12.4. The molecular weight excluding hydrogens is 645 g/mol. The molecule has 1 aromatic carbocycles. The van der Waals surface area contributed by atoms with E-state index in [1.807, 2.05) is 67.8 Å². The fourth-order valence-electron chi connectivity index (χ4n) is 1.71. The summed E-state index contributed by atoms with van der Waals surface area (Å²) >= 11 is 5.58. The molecule has 0 bridgehead atoms. The van der Waals surface area contributed by atoms with Crippen molar-refractivity contribution in [1.82, 2.24) is 5.32 Å². The molecule has 2 amide bonds. The van der Waals surface area contributed by atoms with Gasteiger partial charge in [0.1, 0.15) is 0 Å². The number of aliphatic hydroxyl groups excluding tert-OH is 1. The Balaban J connectivity index is 3.49. The fraction of sp³-hybridized carbons (Fsp3) is 0.308. The van der Waals surface area contributed by atoms with Gasteiger partial charge in [-0.25, -0.2) is 4.79 Å². The lowest BCUT2D eigenvalue weighted by atomic mass is 10.1. The lowest BCUT2D eigenvalue weighted by molar-refractivity contribution is -0.114. The minimum Gasteiger partial charge on any atom is -0.478 e. The number of aromatic carboxylic acids is 1. The van der Waals surface area contributed by atoms with E-state index in [9.17, 15) is 19.5 Å². The number of carboxylic acid groups (broad SMARTS) is 1. The molecule has 0 unspecified atom stereocenters. The Bertz CT molecular complexity index is 664. The Morgan fingerprint density at radius 3 is 2.09 bits per heavy atom. The summed E-state index contributed by atoms with van der Waals surface area (Å²) < 4.78 is 1.14. The van der Waals surface area contributed by atoms with Gasteiger partial charge in [0, 0.05) is 23.6 Å². The normalized spacial score (nSPS) is 10.3. The number of carbonyl (C=O) groups excluding carboxylic acids is 2. The van der Waals surface area contributed by atoms with Crippen LogP contribution in [0.4, 0.5) is 5.69 Å². The molecule has 0 saturated carbocycles. The summed E-state index contributed by atoms with van der Waals surface area (Å²) in [6.45, 7) is 1.52. The van der Waals surface area contributed by atoms with Crippen molar-refractivity contribution >= 4 is 91.2 Å². The largest absolute Gasteiger partial charge is 0.478 e. The number of carbonyl (C=O) groups is 3. The molecule has 0 atom stereocenters. The van der Waals surface area contributed by atoms with Gasteiger partial charge in [-0.1, -0.05) is 0 Å². The Kier molecular flexibility index (Phi) is 8.43. The van der Waals surface area contributed by atoms with E-state index in [0.29, 0.717) is 22.8 Å². The molecule has 1 aromatic rings. The predicted molar refractivity (Wildman–Crippen MR) is 110 cm³/mol. The maximum Gasteiger partial charge on any atom is 0.337 e. The standard InChI is InChI=1S/C13H13I3N2O5/c1-5(20)18-11-9(15)6(12(21)17-3-2-4-19)8(14)7(10(11)16)13(22)23/h19H,2-4H2,1H3,(H,17,21)(H,18,20)(H,22,23). The third kappa shape index (κ3) is 5.12. The number of amides is 2. The van der Waals surface area contributed by atoms with Crippen molar-refractivity contribution in [3.05, 3.63) is 21.8 Å². The van der Waals surface area contributed by atoms with Crippen LogP contribution >= 0.6 is 67.8 Å². The summed E-state index contributed by atoms with van der Waals surface area (Å²) in [6, 6.07) is 0. The monoisotopic (exact) mass is 658 g/mol. The number of rotatable bonds is 6. The number of nitrogens with one attached hydrogen (secondary N) is 2. The van der Waals surface area contributed by atoms with Crippen LogP contribution in [0.15, 0.2) is 0 Å². The second kappa shape index (κ2) is 9.31. The van der Waals surface area contributed by atoms with Crippen molar-refractivity contribution in [1.29, 1.82) is 0 Å². The molecule has 0 aliphatic heterocycles. The Hall–Kier alpha value is -0.220. The second-order valence-electron chi connectivity index (χ2n) is 4.39. The zero-order valence-corrected chi connectivity index (χ0v) is 18.3. The molecular formula is C13H13I3N2O5. The van der Waals surface area contributed by atoms with Crippen LogP contribution < -0.4 is 10.6 Å². The van der Waals surface area contributed by atoms with Crippen LogP contribution in [0.1, 0.15) is 34.1 Å². The fourth-order valence-corrected chi connectivity index (χ4v) is 6.09. The average Bonchev–Trinajstić information content (AvgIpc) is 2.43. The highest BCUT2D eigenvalue weighted by molar-refractivity contribution is 14.1. The molecule has 0 saturated heterocycles. The number of carboxylic acids is 1. The Morgan fingerprint density at radius 2 is 1.61 bits per heavy atom. The van der Waals surface area contributed by atoms with Gasteiger partial charge >= 0.3 is 5.97 Å². The number of hydrogen-bond acceptors (Lipinski definition) is 4. The summed E-state index contributed by atoms with van der Waals surface area (Å²) in [7, 11) is 0. The van der Waals surface area contributed by atoms with Crippen LogP contribution in [0.2, 0.25) is 0 Å². The van der Waals surface area contributed by atoms with Crippen molar-refractivity contribution in [2.45, 2.75) is 13.3 Å². The highest BCUT2D eigenvalue weighted by Crippen LogP contribution is 2.35. The van der Waals surface area contributed by atoms with Gasteiger partial charge in [-0.3, -0.25) is 9.59 Å². The second-order valence-corrected chi connectivity index (χ2v) is 7.62. The zero-order chi connectivity index (χ0) is 17.7. The first-order valence-electron chi connectivity index (χ1n) is 6.32. The molecule has 10 heteroatoms. The van der Waals surface area contributed by atoms with Crippen LogP contribution in [-0.2, 0) is 4.79 Å². The van der Waals surface area contributed by atoms with Crippen LogP contribution in [0.3, 0.4) is 0 Å². The van der Waals surface area contributed by atoms with Crippen molar-refractivity contribution in [3.63, 3.8) is 0 Å². The predicted octanol–water partition coefficient (Wildman–Crippen LogP) is 2.27. The summed E-state index contributed by atoms with van der Waals surface area (Å²) in [5.41, 5.74) is 0.484. The van der Waals surface area contributed by atoms with E-state index in [1.165, 1.54) is 6.92 Å². The van der Waals surface area contributed by atoms with E-state index in [2.05, 4.69) is 10.6 Å². The molecule has 126 valence electrons.